The summed E-state index contributed by atoms with van der Waals surface area (Å²) in [4.78, 5) is 16.4. The number of nitrogens with one attached hydrogen (secondary N) is 1. The van der Waals surface area contributed by atoms with Crippen LogP contribution in [0.4, 0.5) is 13.9 Å². The first kappa shape index (κ1) is 16.6. The number of carbonyl (C=O) groups is 1. The van der Waals surface area contributed by atoms with E-state index in [1.165, 1.54) is 4.68 Å². The summed E-state index contributed by atoms with van der Waals surface area (Å²) in [5.41, 5.74) is 1.15. The Hall–Kier alpha value is -2.84. The number of benzene rings is 2. The second-order valence-corrected chi connectivity index (χ2v) is 6.80. The molecule has 0 radical (unpaired) electrons. The van der Waals surface area contributed by atoms with E-state index in [0.29, 0.717) is 15.4 Å². The molecule has 4 aromatic rings. The number of fused-ring (bicyclic) bond motifs is 1. The molecule has 26 heavy (non-hydrogen) atoms. The van der Waals surface area contributed by atoms with Crippen LogP contribution in [0.2, 0.25) is 5.02 Å². The summed E-state index contributed by atoms with van der Waals surface area (Å²) in [6, 6.07) is 10.6. The molecule has 0 fully saturated rings. The fourth-order valence-electron chi connectivity index (χ4n) is 2.35. The summed E-state index contributed by atoms with van der Waals surface area (Å²) in [5.74, 6) is -2.42. The lowest BCUT2D eigenvalue weighted by Gasteiger charge is -2.01. The van der Waals surface area contributed by atoms with Crippen molar-refractivity contribution in [1.29, 1.82) is 0 Å². The molecule has 9 heteroatoms. The van der Waals surface area contributed by atoms with E-state index >= 15 is 0 Å². The van der Waals surface area contributed by atoms with Crippen LogP contribution in [0.25, 0.3) is 15.9 Å². The Bertz CT molecular complexity index is 1100. The van der Waals surface area contributed by atoms with Crippen molar-refractivity contribution in [3.05, 3.63) is 71.0 Å². The highest BCUT2D eigenvalue weighted by Gasteiger charge is 2.15. The number of rotatable bonds is 3. The lowest BCUT2D eigenvalue weighted by Crippen LogP contribution is -2.13. The van der Waals surface area contributed by atoms with Crippen LogP contribution in [-0.4, -0.2) is 20.7 Å². The van der Waals surface area contributed by atoms with Crippen LogP contribution in [0, 0.1) is 11.6 Å². The Morgan fingerprint density at radius 3 is 2.77 bits per heavy atom. The van der Waals surface area contributed by atoms with Gasteiger partial charge in [-0.25, -0.2) is 18.4 Å². The van der Waals surface area contributed by atoms with Gasteiger partial charge in [0.05, 0.1) is 15.9 Å². The van der Waals surface area contributed by atoms with Gasteiger partial charge >= 0.3 is 0 Å². The summed E-state index contributed by atoms with van der Waals surface area (Å²) < 4.78 is 28.5. The van der Waals surface area contributed by atoms with E-state index in [-0.39, 0.29) is 16.3 Å². The molecule has 0 aliphatic rings. The predicted molar refractivity (Wildman–Crippen MR) is 96.1 cm³/mol. The fourth-order valence-corrected chi connectivity index (χ4v) is 3.40. The number of anilines is 1. The Morgan fingerprint density at radius 1 is 1.15 bits per heavy atom. The molecule has 5 nitrogen and oxygen atoms in total. The molecule has 0 unspecified atom stereocenters. The van der Waals surface area contributed by atoms with Crippen molar-refractivity contribution in [1.82, 2.24) is 14.8 Å². The molecule has 1 N–H and O–H groups in total. The molecule has 0 aliphatic carbocycles. The Kier molecular flexibility index (Phi) is 4.14. The van der Waals surface area contributed by atoms with E-state index in [2.05, 4.69) is 15.4 Å². The van der Waals surface area contributed by atoms with Crippen LogP contribution in [-0.2, 0) is 0 Å². The maximum absolute atomic E-state index is 13.3. The zero-order valence-corrected chi connectivity index (χ0v) is 14.5. The van der Waals surface area contributed by atoms with Crippen molar-refractivity contribution in [2.75, 3.05) is 5.32 Å². The summed E-state index contributed by atoms with van der Waals surface area (Å²) in [5, 5.41) is 7.57. The lowest BCUT2D eigenvalue weighted by molar-refractivity contribution is 0.102. The molecule has 2 aromatic carbocycles. The van der Waals surface area contributed by atoms with Crippen LogP contribution in [0.5, 0.6) is 0 Å². The van der Waals surface area contributed by atoms with E-state index in [9.17, 15) is 13.6 Å². The number of amides is 1. The molecule has 1 amide bonds. The molecular weight excluding hydrogens is 382 g/mol. The van der Waals surface area contributed by atoms with Gasteiger partial charge in [0, 0.05) is 17.3 Å². The van der Waals surface area contributed by atoms with Crippen molar-refractivity contribution < 1.29 is 13.6 Å². The molecule has 4 rings (SSSR count). The second-order valence-electron chi connectivity index (χ2n) is 5.33. The van der Waals surface area contributed by atoms with Gasteiger partial charge in [-0.05, 0) is 30.3 Å². The topological polar surface area (TPSA) is 59.8 Å². The van der Waals surface area contributed by atoms with Gasteiger partial charge in [0.25, 0.3) is 5.91 Å². The maximum atomic E-state index is 13.3. The molecule has 0 saturated heterocycles. The van der Waals surface area contributed by atoms with E-state index in [0.717, 1.165) is 23.5 Å². The number of thiazole rings is 1. The molecule has 0 spiro atoms. The van der Waals surface area contributed by atoms with Crippen molar-refractivity contribution in [2.45, 2.75) is 0 Å². The number of carbonyl (C=O) groups excluding carboxylic acids is 1. The van der Waals surface area contributed by atoms with Crippen LogP contribution in [0.1, 0.15) is 10.5 Å². The van der Waals surface area contributed by atoms with Gasteiger partial charge in [-0.15, -0.1) is 0 Å². The average molecular weight is 391 g/mol. The van der Waals surface area contributed by atoms with Gasteiger partial charge in [-0.2, -0.15) is 5.10 Å². The number of hydrogen-bond donors (Lipinski definition) is 1. The summed E-state index contributed by atoms with van der Waals surface area (Å²) in [6.45, 7) is 0. The maximum Gasteiger partial charge on any atom is 0.277 e. The Labute approximate surface area is 154 Å². The van der Waals surface area contributed by atoms with E-state index in [4.69, 9.17) is 11.6 Å². The predicted octanol–water partition coefficient (Wildman–Crippen LogP) is 4.67. The number of aromatic nitrogens is 3. The minimum absolute atomic E-state index is 0.168. The molecule has 0 saturated carbocycles. The van der Waals surface area contributed by atoms with Crippen LogP contribution < -0.4 is 5.32 Å². The van der Waals surface area contributed by atoms with Crippen LogP contribution >= 0.6 is 22.9 Å². The summed E-state index contributed by atoms with van der Waals surface area (Å²) in [7, 11) is 0. The third-order valence-corrected chi connectivity index (χ3v) is 4.71. The first-order valence-electron chi connectivity index (χ1n) is 7.38. The van der Waals surface area contributed by atoms with Crippen molar-refractivity contribution in [3.63, 3.8) is 0 Å². The highest BCUT2D eigenvalue weighted by atomic mass is 35.5. The van der Waals surface area contributed by atoms with Crippen molar-refractivity contribution >= 4 is 44.2 Å². The van der Waals surface area contributed by atoms with E-state index in [1.54, 1.807) is 36.5 Å². The molecule has 0 atom stereocenters. The molecular formula is C17H9ClF2N4OS. The SMILES string of the molecule is O=C(Nc1nc2cc(F)c(F)cc2s1)c1ccn(-c2cccc(Cl)c2)n1. The van der Waals surface area contributed by atoms with Crippen LogP contribution in [0.3, 0.4) is 0 Å². The highest BCUT2D eigenvalue weighted by molar-refractivity contribution is 7.22. The van der Waals surface area contributed by atoms with E-state index in [1.807, 2.05) is 0 Å². The molecule has 130 valence electrons. The zero-order chi connectivity index (χ0) is 18.3. The number of halogens is 3. The fraction of sp³-hybridized carbons (Fsp3) is 0. The van der Waals surface area contributed by atoms with Gasteiger partial charge in [-0.1, -0.05) is 29.0 Å². The zero-order valence-electron chi connectivity index (χ0n) is 12.9. The average Bonchev–Trinajstić information content (AvgIpc) is 3.22. The monoisotopic (exact) mass is 390 g/mol. The largest absolute Gasteiger partial charge is 0.296 e. The standard InChI is InChI=1S/C17H9ClF2N4OS/c18-9-2-1-3-10(6-9)24-5-4-13(23-24)16(25)22-17-21-14-7-11(19)12(20)8-15(14)26-17/h1-8H,(H,21,22,25). The molecule has 0 aliphatic heterocycles. The van der Waals surface area contributed by atoms with Gasteiger partial charge in [0.2, 0.25) is 0 Å². The smallest absolute Gasteiger partial charge is 0.277 e. The van der Waals surface area contributed by atoms with Crippen molar-refractivity contribution in [3.8, 4) is 5.69 Å². The Balaban J connectivity index is 1.57. The first-order valence-corrected chi connectivity index (χ1v) is 8.57. The summed E-state index contributed by atoms with van der Waals surface area (Å²) in [6.07, 6.45) is 1.63. The van der Waals surface area contributed by atoms with Gasteiger partial charge in [-0.3, -0.25) is 10.1 Å². The van der Waals surface area contributed by atoms with Gasteiger partial charge in [0.15, 0.2) is 22.5 Å². The number of hydrogen-bond acceptors (Lipinski definition) is 4. The third-order valence-electron chi connectivity index (χ3n) is 3.55. The molecule has 0 bridgehead atoms. The van der Waals surface area contributed by atoms with Gasteiger partial charge < -0.3 is 0 Å². The second kappa shape index (κ2) is 6.47. The van der Waals surface area contributed by atoms with Crippen LogP contribution in [0.15, 0.2) is 48.7 Å². The number of nitrogens with zero attached hydrogens (tertiary/aromatic N) is 3. The summed E-state index contributed by atoms with van der Waals surface area (Å²) >= 11 is 7.00. The molecule has 2 heterocycles. The normalized spacial score (nSPS) is 11.0. The van der Waals surface area contributed by atoms with Gasteiger partial charge in [0.1, 0.15) is 0 Å². The van der Waals surface area contributed by atoms with E-state index < -0.39 is 17.5 Å². The minimum Gasteiger partial charge on any atom is -0.296 e. The highest BCUT2D eigenvalue weighted by Crippen LogP contribution is 2.28. The Morgan fingerprint density at radius 2 is 1.96 bits per heavy atom. The molecule has 2 aromatic heterocycles. The minimum atomic E-state index is -0.985. The van der Waals surface area contributed by atoms with Crippen molar-refractivity contribution in [2.24, 2.45) is 0 Å². The third kappa shape index (κ3) is 3.16. The quantitative estimate of drug-likeness (QED) is 0.553. The first-order chi connectivity index (χ1) is 12.5. The lowest BCUT2D eigenvalue weighted by atomic mass is 10.3.